The van der Waals surface area contributed by atoms with Crippen molar-refractivity contribution in [3.8, 4) is 0 Å². The second-order valence-corrected chi connectivity index (χ2v) is 4.88. The number of nitrogen functional groups attached to an aromatic ring is 1. The van der Waals surface area contributed by atoms with E-state index in [1.54, 1.807) is 4.68 Å². The van der Waals surface area contributed by atoms with Crippen LogP contribution in [0.15, 0.2) is 12.4 Å². The third-order valence-corrected chi connectivity index (χ3v) is 3.12. The largest absolute Gasteiger partial charge is 0.308 e. The van der Waals surface area contributed by atoms with Gasteiger partial charge in [0.15, 0.2) is 0 Å². The Hall–Kier alpha value is -1.86. The Balaban J connectivity index is 2.08. The number of aryl methyl sites for hydroxylation is 3. The molecule has 19 heavy (non-hydrogen) atoms. The van der Waals surface area contributed by atoms with Crippen LogP contribution in [0.1, 0.15) is 16.8 Å². The van der Waals surface area contributed by atoms with Crippen molar-refractivity contribution >= 4 is 5.82 Å². The highest BCUT2D eigenvalue weighted by atomic mass is 15.4. The van der Waals surface area contributed by atoms with Crippen LogP contribution in [-0.2, 0) is 27.2 Å². The number of aromatic nitrogens is 4. The smallest absolute Gasteiger partial charge is 0.142 e. The van der Waals surface area contributed by atoms with Crippen molar-refractivity contribution in [3.63, 3.8) is 0 Å². The minimum absolute atomic E-state index is 0.786. The minimum atomic E-state index is 0.786. The van der Waals surface area contributed by atoms with Gasteiger partial charge in [0.2, 0.25) is 0 Å². The molecule has 0 saturated carbocycles. The number of hydrogen-bond acceptors (Lipinski definition) is 5. The van der Waals surface area contributed by atoms with Gasteiger partial charge in [0, 0.05) is 44.5 Å². The number of nitrogens with zero attached hydrogens (tertiary/aromatic N) is 5. The predicted molar refractivity (Wildman–Crippen MR) is 74.1 cm³/mol. The first kappa shape index (κ1) is 13.6. The second-order valence-electron chi connectivity index (χ2n) is 4.88. The maximum atomic E-state index is 5.55. The molecule has 0 aliphatic rings. The van der Waals surface area contributed by atoms with Crippen LogP contribution in [0, 0.1) is 6.92 Å². The highest BCUT2D eigenvalue weighted by molar-refractivity contribution is 5.46. The lowest BCUT2D eigenvalue weighted by Crippen LogP contribution is -2.19. The van der Waals surface area contributed by atoms with Gasteiger partial charge in [0.1, 0.15) is 5.82 Å². The van der Waals surface area contributed by atoms with Gasteiger partial charge in [-0.2, -0.15) is 10.2 Å². The van der Waals surface area contributed by atoms with Gasteiger partial charge in [0.05, 0.1) is 11.9 Å². The zero-order valence-corrected chi connectivity index (χ0v) is 11.9. The van der Waals surface area contributed by atoms with Gasteiger partial charge in [-0.15, -0.1) is 0 Å². The molecular weight excluding hydrogens is 242 g/mol. The third-order valence-electron chi connectivity index (χ3n) is 3.12. The van der Waals surface area contributed by atoms with Crippen molar-refractivity contribution in [2.45, 2.75) is 20.0 Å². The molecule has 0 atom stereocenters. The van der Waals surface area contributed by atoms with Crippen LogP contribution in [0.3, 0.4) is 0 Å². The second kappa shape index (κ2) is 5.41. The summed E-state index contributed by atoms with van der Waals surface area (Å²) in [6.45, 7) is 3.62. The van der Waals surface area contributed by atoms with E-state index in [4.69, 9.17) is 5.84 Å². The van der Waals surface area contributed by atoms with Crippen molar-refractivity contribution < 1.29 is 0 Å². The summed E-state index contributed by atoms with van der Waals surface area (Å²) in [6, 6.07) is 0. The molecule has 2 heterocycles. The number of hydrazine groups is 1. The van der Waals surface area contributed by atoms with Gasteiger partial charge in [0.25, 0.3) is 0 Å². The van der Waals surface area contributed by atoms with Crippen molar-refractivity contribution in [1.82, 2.24) is 24.5 Å². The Morgan fingerprint density at radius 1 is 1.37 bits per heavy atom. The molecular formula is C12H21N7. The van der Waals surface area contributed by atoms with Crippen molar-refractivity contribution in [2.24, 2.45) is 19.9 Å². The predicted octanol–water partition coefficient (Wildman–Crippen LogP) is 0.380. The van der Waals surface area contributed by atoms with Crippen LogP contribution in [0.5, 0.6) is 0 Å². The quantitative estimate of drug-likeness (QED) is 0.602. The van der Waals surface area contributed by atoms with Crippen LogP contribution in [0.2, 0.25) is 0 Å². The van der Waals surface area contributed by atoms with Gasteiger partial charge in [-0.25, -0.2) is 5.84 Å². The van der Waals surface area contributed by atoms with Crippen LogP contribution >= 0.6 is 0 Å². The molecule has 7 nitrogen and oxygen atoms in total. The molecule has 2 aromatic heterocycles. The first-order valence-corrected chi connectivity index (χ1v) is 6.16. The van der Waals surface area contributed by atoms with Crippen molar-refractivity contribution in [3.05, 3.63) is 29.2 Å². The molecule has 0 aliphatic carbocycles. The van der Waals surface area contributed by atoms with Crippen LogP contribution in [-0.4, -0.2) is 31.5 Å². The van der Waals surface area contributed by atoms with E-state index >= 15 is 0 Å². The number of nitrogens with two attached hydrogens (primary N) is 1. The van der Waals surface area contributed by atoms with Gasteiger partial charge in [-0.05, 0) is 14.0 Å². The number of rotatable bonds is 5. The van der Waals surface area contributed by atoms with Crippen molar-refractivity contribution in [1.29, 1.82) is 0 Å². The minimum Gasteiger partial charge on any atom is -0.308 e. The molecule has 2 rings (SSSR count). The highest BCUT2D eigenvalue weighted by Crippen LogP contribution is 2.19. The SMILES string of the molecule is Cc1nn(C)c(NN)c1CN(C)Cc1cnn(C)c1. The van der Waals surface area contributed by atoms with Crippen LogP contribution in [0.25, 0.3) is 0 Å². The monoisotopic (exact) mass is 263 g/mol. The molecule has 0 saturated heterocycles. The molecule has 7 heteroatoms. The fraction of sp³-hybridized carbons (Fsp3) is 0.500. The summed E-state index contributed by atoms with van der Waals surface area (Å²) in [5.41, 5.74) is 6.02. The molecule has 0 aliphatic heterocycles. The normalized spacial score (nSPS) is 11.3. The average Bonchev–Trinajstić information content (AvgIpc) is 2.84. The van der Waals surface area contributed by atoms with E-state index in [1.165, 1.54) is 5.56 Å². The number of nitrogens with one attached hydrogen (secondary N) is 1. The summed E-state index contributed by atoms with van der Waals surface area (Å²) in [6.07, 6.45) is 3.91. The van der Waals surface area contributed by atoms with Gasteiger partial charge in [-0.1, -0.05) is 0 Å². The van der Waals surface area contributed by atoms with Crippen LogP contribution < -0.4 is 11.3 Å². The third kappa shape index (κ3) is 2.94. The summed E-state index contributed by atoms with van der Waals surface area (Å²) in [5, 5.41) is 8.55. The van der Waals surface area contributed by atoms with E-state index in [0.717, 1.165) is 30.2 Å². The maximum Gasteiger partial charge on any atom is 0.142 e. The Bertz CT molecular complexity index is 554. The van der Waals surface area contributed by atoms with Gasteiger partial charge < -0.3 is 5.43 Å². The summed E-state index contributed by atoms with van der Waals surface area (Å²) >= 11 is 0. The van der Waals surface area contributed by atoms with Crippen LogP contribution in [0.4, 0.5) is 5.82 Å². The first-order chi connectivity index (χ1) is 9.01. The average molecular weight is 263 g/mol. The molecule has 0 aromatic carbocycles. The fourth-order valence-electron chi connectivity index (χ4n) is 2.26. The van der Waals surface area contributed by atoms with Gasteiger partial charge >= 0.3 is 0 Å². The number of hydrogen-bond donors (Lipinski definition) is 2. The molecule has 104 valence electrons. The van der Waals surface area contributed by atoms with E-state index in [-0.39, 0.29) is 0 Å². The molecule has 0 bridgehead atoms. The highest BCUT2D eigenvalue weighted by Gasteiger charge is 2.14. The van der Waals surface area contributed by atoms with E-state index < -0.39 is 0 Å². The molecule has 0 unspecified atom stereocenters. The van der Waals surface area contributed by atoms with Crippen molar-refractivity contribution in [2.75, 3.05) is 12.5 Å². The lowest BCUT2D eigenvalue weighted by Gasteiger charge is -2.16. The summed E-state index contributed by atoms with van der Waals surface area (Å²) in [7, 11) is 5.87. The lowest BCUT2D eigenvalue weighted by molar-refractivity contribution is 0.319. The Morgan fingerprint density at radius 2 is 2.11 bits per heavy atom. The standard InChI is InChI=1S/C12H21N7/c1-9-11(12(15-13)19(4)16-9)8-17(2)6-10-5-14-18(3)7-10/h5,7,15H,6,8,13H2,1-4H3. The summed E-state index contributed by atoms with van der Waals surface area (Å²) < 4.78 is 3.58. The lowest BCUT2D eigenvalue weighted by atomic mass is 10.2. The van der Waals surface area contributed by atoms with E-state index in [9.17, 15) is 0 Å². The molecule has 0 fully saturated rings. The fourth-order valence-corrected chi connectivity index (χ4v) is 2.26. The Kier molecular flexibility index (Phi) is 3.87. The van der Waals surface area contributed by atoms with E-state index in [0.29, 0.717) is 0 Å². The topological polar surface area (TPSA) is 76.9 Å². The Morgan fingerprint density at radius 3 is 2.68 bits per heavy atom. The molecule has 0 amide bonds. The first-order valence-electron chi connectivity index (χ1n) is 6.16. The molecule has 0 radical (unpaired) electrons. The molecule has 0 spiro atoms. The van der Waals surface area contributed by atoms with Gasteiger partial charge in [-0.3, -0.25) is 14.3 Å². The van der Waals surface area contributed by atoms with E-state index in [2.05, 4.69) is 27.6 Å². The zero-order chi connectivity index (χ0) is 14.0. The summed E-state index contributed by atoms with van der Waals surface area (Å²) in [5.74, 6) is 6.41. The number of anilines is 1. The molecule has 3 N–H and O–H groups in total. The Labute approximate surface area is 113 Å². The summed E-state index contributed by atoms with van der Waals surface area (Å²) in [4.78, 5) is 2.21. The maximum absolute atomic E-state index is 5.55. The molecule has 2 aromatic rings. The van der Waals surface area contributed by atoms with E-state index in [1.807, 2.05) is 38.1 Å². The zero-order valence-electron chi connectivity index (χ0n) is 11.9.